The van der Waals surface area contributed by atoms with Gasteiger partial charge < -0.3 is 15.0 Å². The Labute approximate surface area is 123 Å². The van der Waals surface area contributed by atoms with Crippen molar-refractivity contribution in [3.63, 3.8) is 0 Å². The lowest BCUT2D eigenvalue weighted by Crippen LogP contribution is -2.28. The first-order valence-corrected chi connectivity index (χ1v) is 7.82. The lowest BCUT2D eigenvalue weighted by atomic mass is 10.1. The first-order valence-electron chi connectivity index (χ1n) is 7.82. The van der Waals surface area contributed by atoms with Crippen molar-refractivity contribution in [2.24, 2.45) is 5.92 Å². The van der Waals surface area contributed by atoms with Gasteiger partial charge in [0.1, 0.15) is 5.75 Å². The van der Waals surface area contributed by atoms with Crippen molar-refractivity contribution in [1.82, 2.24) is 10.2 Å². The SMILES string of the molecule is CCCN1CC[C@@H](CN[C@H](C)c2ccc(OC)cc2)C1. The van der Waals surface area contributed by atoms with E-state index in [1.165, 1.54) is 38.0 Å². The van der Waals surface area contributed by atoms with Crippen LogP contribution in [0.4, 0.5) is 0 Å². The van der Waals surface area contributed by atoms with Crippen LogP contribution in [0.15, 0.2) is 24.3 Å². The van der Waals surface area contributed by atoms with Crippen LogP contribution in [0.5, 0.6) is 5.75 Å². The molecule has 0 amide bonds. The largest absolute Gasteiger partial charge is 0.497 e. The summed E-state index contributed by atoms with van der Waals surface area (Å²) in [4.78, 5) is 2.59. The summed E-state index contributed by atoms with van der Waals surface area (Å²) in [6, 6.07) is 8.77. The predicted octanol–water partition coefficient (Wildman–Crippen LogP) is 3.08. The Morgan fingerprint density at radius 3 is 2.75 bits per heavy atom. The molecule has 0 aromatic heterocycles. The summed E-state index contributed by atoms with van der Waals surface area (Å²) in [6.07, 6.45) is 2.60. The molecule has 1 aliphatic heterocycles. The maximum atomic E-state index is 5.20. The predicted molar refractivity (Wildman–Crippen MR) is 84.2 cm³/mol. The summed E-state index contributed by atoms with van der Waals surface area (Å²) < 4.78 is 5.20. The van der Waals surface area contributed by atoms with E-state index in [1.54, 1.807) is 7.11 Å². The van der Waals surface area contributed by atoms with E-state index >= 15 is 0 Å². The average Bonchev–Trinajstić information content (AvgIpc) is 2.93. The van der Waals surface area contributed by atoms with Crippen LogP contribution in [0, 0.1) is 5.92 Å². The minimum atomic E-state index is 0.404. The van der Waals surface area contributed by atoms with Crippen LogP contribution >= 0.6 is 0 Å². The Bertz CT molecular complexity index is 390. The number of benzene rings is 1. The summed E-state index contributed by atoms with van der Waals surface area (Å²) in [5.74, 6) is 1.73. The standard InChI is InChI=1S/C17H28N2O/c1-4-10-19-11-9-15(13-19)12-18-14(2)16-5-7-17(20-3)8-6-16/h5-8,14-15,18H,4,9-13H2,1-3H3/t14-,15+/m1/s1. The molecule has 1 aromatic rings. The third-order valence-electron chi connectivity index (χ3n) is 4.24. The monoisotopic (exact) mass is 276 g/mol. The highest BCUT2D eigenvalue weighted by Crippen LogP contribution is 2.19. The normalized spacial score (nSPS) is 21.1. The van der Waals surface area contributed by atoms with Crippen molar-refractivity contribution in [1.29, 1.82) is 0 Å². The molecule has 1 heterocycles. The zero-order valence-electron chi connectivity index (χ0n) is 13.1. The fourth-order valence-electron chi connectivity index (χ4n) is 2.95. The second-order valence-electron chi connectivity index (χ2n) is 5.86. The van der Waals surface area contributed by atoms with Crippen LogP contribution in [0.25, 0.3) is 0 Å². The summed E-state index contributed by atoms with van der Waals surface area (Å²) in [6.45, 7) is 9.41. The number of methoxy groups -OCH3 is 1. The molecule has 1 aromatic carbocycles. The Hall–Kier alpha value is -1.06. The topological polar surface area (TPSA) is 24.5 Å². The third-order valence-corrected chi connectivity index (χ3v) is 4.24. The van der Waals surface area contributed by atoms with Gasteiger partial charge in [-0.05, 0) is 63.0 Å². The Morgan fingerprint density at radius 2 is 2.10 bits per heavy atom. The van der Waals surface area contributed by atoms with Crippen molar-refractivity contribution in [2.75, 3.05) is 33.3 Å². The van der Waals surface area contributed by atoms with Crippen LogP contribution < -0.4 is 10.1 Å². The quantitative estimate of drug-likeness (QED) is 0.828. The van der Waals surface area contributed by atoms with E-state index in [2.05, 4.69) is 36.2 Å². The zero-order valence-corrected chi connectivity index (χ0v) is 13.1. The van der Waals surface area contributed by atoms with Crippen LogP contribution in [-0.2, 0) is 0 Å². The molecular weight excluding hydrogens is 248 g/mol. The van der Waals surface area contributed by atoms with Crippen molar-refractivity contribution in [3.05, 3.63) is 29.8 Å². The molecule has 2 atom stereocenters. The highest BCUT2D eigenvalue weighted by atomic mass is 16.5. The Balaban J connectivity index is 1.76. The summed E-state index contributed by atoms with van der Waals surface area (Å²) in [5.41, 5.74) is 1.33. The summed E-state index contributed by atoms with van der Waals surface area (Å²) in [7, 11) is 1.71. The molecule has 0 saturated carbocycles. The van der Waals surface area contributed by atoms with E-state index < -0.39 is 0 Å². The van der Waals surface area contributed by atoms with Gasteiger partial charge in [0.15, 0.2) is 0 Å². The Morgan fingerprint density at radius 1 is 1.35 bits per heavy atom. The lowest BCUT2D eigenvalue weighted by Gasteiger charge is -2.19. The van der Waals surface area contributed by atoms with Gasteiger partial charge >= 0.3 is 0 Å². The number of likely N-dealkylation sites (tertiary alicyclic amines) is 1. The molecule has 0 unspecified atom stereocenters. The molecule has 112 valence electrons. The number of hydrogen-bond donors (Lipinski definition) is 1. The van der Waals surface area contributed by atoms with Gasteiger partial charge in [-0.3, -0.25) is 0 Å². The fraction of sp³-hybridized carbons (Fsp3) is 0.647. The van der Waals surface area contributed by atoms with Crippen molar-refractivity contribution in [2.45, 2.75) is 32.7 Å². The highest BCUT2D eigenvalue weighted by Gasteiger charge is 2.21. The van der Waals surface area contributed by atoms with E-state index in [0.29, 0.717) is 6.04 Å². The van der Waals surface area contributed by atoms with E-state index in [4.69, 9.17) is 4.74 Å². The molecule has 0 spiro atoms. The van der Waals surface area contributed by atoms with Gasteiger partial charge in [0.25, 0.3) is 0 Å². The molecule has 2 rings (SSSR count). The molecule has 3 heteroatoms. The molecule has 0 bridgehead atoms. The van der Waals surface area contributed by atoms with E-state index in [-0.39, 0.29) is 0 Å². The average molecular weight is 276 g/mol. The number of rotatable bonds is 7. The van der Waals surface area contributed by atoms with Crippen molar-refractivity contribution >= 4 is 0 Å². The van der Waals surface area contributed by atoms with Crippen molar-refractivity contribution < 1.29 is 4.74 Å². The molecule has 1 aliphatic rings. The number of hydrogen-bond acceptors (Lipinski definition) is 3. The smallest absolute Gasteiger partial charge is 0.118 e. The van der Waals surface area contributed by atoms with Gasteiger partial charge in [-0.2, -0.15) is 0 Å². The van der Waals surface area contributed by atoms with Gasteiger partial charge in [-0.1, -0.05) is 19.1 Å². The molecule has 1 fully saturated rings. The first-order chi connectivity index (χ1) is 9.72. The molecule has 0 aliphatic carbocycles. The number of nitrogens with one attached hydrogen (secondary N) is 1. The number of ether oxygens (including phenoxy) is 1. The summed E-state index contributed by atoms with van der Waals surface area (Å²) in [5, 5.41) is 3.67. The first kappa shape index (κ1) is 15.3. The molecule has 1 saturated heterocycles. The maximum Gasteiger partial charge on any atom is 0.118 e. The van der Waals surface area contributed by atoms with Crippen LogP contribution in [0.1, 0.15) is 38.3 Å². The van der Waals surface area contributed by atoms with Gasteiger partial charge in [-0.25, -0.2) is 0 Å². The van der Waals surface area contributed by atoms with Gasteiger partial charge in [-0.15, -0.1) is 0 Å². The molecule has 0 radical (unpaired) electrons. The minimum absolute atomic E-state index is 0.404. The molecule has 20 heavy (non-hydrogen) atoms. The third kappa shape index (κ3) is 4.22. The molecule has 1 N–H and O–H groups in total. The van der Waals surface area contributed by atoms with Crippen molar-refractivity contribution in [3.8, 4) is 5.75 Å². The second-order valence-corrected chi connectivity index (χ2v) is 5.86. The zero-order chi connectivity index (χ0) is 14.4. The van der Waals surface area contributed by atoms with Crippen LogP contribution in [0.3, 0.4) is 0 Å². The highest BCUT2D eigenvalue weighted by molar-refractivity contribution is 5.28. The van der Waals surface area contributed by atoms with Crippen LogP contribution in [-0.4, -0.2) is 38.2 Å². The van der Waals surface area contributed by atoms with Gasteiger partial charge in [0, 0.05) is 12.6 Å². The van der Waals surface area contributed by atoms with E-state index in [1.807, 2.05) is 12.1 Å². The fourth-order valence-corrected chi connectivity index (χ4v) is 2.95. The minimum Gasteiger partial charge on any atom is -0.497 e. The van der Waals surface area contributed by atoms with E-state index in [0.717, 1.165) is 18.2 Å². The summed E-state index contributed by atoms with van der Waals surface area (Å²) >= 11 is 0. The van der Waals surface area contributed by atoms with Gasteiger partial charge in [0.2, 0.25) is 0 Å². The lowest BCUT2D eigenvalue weighted by molar-refractivity contribution is 0.320. The molecular formula is C17H28N2O. The second kappa shape index (κ2) is 7.65. The Kier molecular flexibility index (Phi) is 5.86. The van der Waals surface area contributed by atoms with E-state index in [9.17, 15) is 0 Å². The number of nitrogens with zero attached hydrogens (tertiary/aromatic N) is 1. The molecule has 3 nitrogen and oxygen atoms in total. The van der Waals surface area contributed by atoms with Crippen LogP contribution in [0.2, 0.25) is 0 Å². The van der Waals surface area contributed by atoms with Gasteiger partial charge in [0.05, 0.1) is 7.11 Å². The maximum absolute atomic E-state index is 5.20.